The molecule has 2 N–H and O–H groups in total. The van der Waals surface area contributed by atoms with Crippen LogP contribution in [-0.2, 0) is 23.4 Å². The molecule has 0 radical (unpaired) electrons. The van der Waals surface area contributed by atoms with Crippen LogP contribution < -0.4 is 5.90 Å². The molecule has 0 bridgehead atoms. The third-order valence-corrected chi connectivity index (χ3v) is 3.69. The molecule has 0 aliphatic rings. The Morgan fingerprint density at radius 3 is 2.00 bits per heavy atom. The maximum Gasteiger partial charge on any atom is 0.284 e. The minimum atomic E-state index is -3.15. The average Bonchev–Trinajstić information content (AvgIpc) is 2.18. The summed E-state index contributed by atoms with van der Waals surface area (Å²) in [6.45, 7) is 6.35. The molecular weight excluding hydrogens is 221 g/mol. The van der Waals surface area contributed by atoms with E-state index in [2.05, 4.69) is 4.84 Å². The summed E-state index contributed by atoms with van der Waals surface area (Å²) in [7, 11) is -3.15. The van der Waals surface area contributed by atoms with Gasteiger partial charge in [0.2, 0.25) is 6.03 Å². The second-order valence-corrected chi connectivity index (χ2v) is 5.05. The van der Waals surface area contributed by atoms with Crippen LogP contribution in [0.25, 0.3) is 0 Å². The van der Waals surface area contributed by atoms with Crippen LogP contribution in [-0.4, -0.2) is 32.2 Å². The van der Waals surface area contributed by atoms with Crippen molar-refractivity contribution in [2.75, 3.05) is 26.2 Å². The van der Waals surface area contributed by atoms with Crippen molar-refractivity contribution < 1.29 is 23.4 Å². The van der Waals surface area contributed by atoms with Gasteiger partial charge in [-0.25, -0.2) is 5.90 Å². The Morgan fingerprint density at radius 2 is 1.67 bits per heavy atom. The van der Waals surface area contributed by atoms with E-state index in [-0.39, 0.29) is 13.0 Å². The van der Waals surface area contributed by atoms with Crippen LogP contribution in [0, 0.1) is 0 Å². The van der Waals surface area contributed by atoms with E-state index in [1.165, 1.54) is 0 Å². The molecule has 0 rings (SSSR count). The van der Waals surface area contributed by atoms with E-state index in [9.17, 15) is 4.57 Å². The molecule has 0 aromatic rings. The first-order valence-electron chi connectivity index (χ1n) is 4.92. The van der Waals surface area contributed by atoms with Crippen molar-refractivity contribution in [2.45, 2.75) is 26.8 Å². The van der Waals surface area contributed by atoms with Crippen molar-refractivity contribution in [1.82, 2.24) is 0 Å². The molecule has 6 nitrogen and oxygen atoms in total. The Morgan fingerprint density at radius 1 is 1.13 bits per heavy atom. The van der Waals surface area contributed by atoms with Crippen LogP contribution >= 0.6 is 7.37 Å². The highest BCUT2D eigenvalue weighted by Gasteiger charge is 2.36. The van der Waals surface area contributed by atoms with Gasteiger partial charge in [0.1, 0.15) is 6.35 Å². The molecule has 0 heterocycles. The van der Waals surface area contributed by atoms with E-state index >= 15 is 0 Å². The van der Waals surface area contributed by atoms with Crippen LogP contribution in [0.5, 0.6) is 0 Å². The molecule has 1 unspecified atom stereocenters. The van der Waals surface area contributed by atoms with E-state index < -0.39 is 13.4 Å². The largest absolute Gasteiger partial charge is 0.345 e. The van der Waals surface area contributed by atoms with Crippen molar-refractivity contribution in [2.24, 2.45) is 5.90 Å². The van der Waals surface area contributed by atoms with Gasteiger partial charge in [-0.05, 0) is 20.8 Å². The van der Waals surface area contributed by atoms with Crippen molar-refractivity contribution in [3.8, 4) is 0 Å². The molecule has 0 spiro atoms. The maximum atomic E-state index is 12.2. The summed E-state index contributed by atoms with van der Waals surface area (Å²) >= 11 is 0. The highest BCUT2D eigenvalue weighted by Crippen LogP contribution is 2.52. The fourth-order valence-corrected chi connectivity index (χ4v) is 2.76. The number of hydrogen-bond donors (Lipinski definition) is 1. The van der Waals surface area contributed by atoms with Crippen LogP contribution in [0.4, 0.5) is 0 Å². The Kier molecular flexibility index (Phi) is 8.23. The SMILES string of the molecule is CCOC(OCC)P(=O)(CON)OCC. The predicted octanol–water partition coefficient (Wildman–Crippen LogP) is 1.51. The smallest absolute Gasteiger partial charge is 0.284 e. The molecule has 0 amide bonds. The number of hydrogen-bond acceptors (Lipinski definition) is 6. The van der Waals surface area contributed by atoms with Gasteiger partial charge in [-0.3, -0.25) is 9.40 Å². The first kappa shape index (κ1) is 15.0. The molecule has 0 saturated carbocycles. The summed E-state index contributed by atoms with van der Waals surface area (Å²) in [6.07, 6.45) is -0.217. The summed E-state index contributed by atoms with van der Waals surface area (Å²) < 4.78 is 27.8. The van der Waals surface area contributed by atoms with Crippen molar-refractivity contribution in [1.29, 1.82) is 0 Å². The summed E-state index contributed by atoms with van der Waals surface area (Å²) in [5.41, 5.74) is 0. The normalized spacial score (nSPS) is 15.5. The molecule has 1 atom stereocenters. The Bertz CT molecular complexity index is 185. The van der Waals surface area contributed by atoms with Crippen LogP contribution in [0.3, 0.4) is 0 Å². The van der Waals surface area contributed by atoms with Gasteiger partial charge >= 0.3 is 0 Å². The first-order valence-corrected chi connectivity index (χ1v) is 6.80. The lowest BCUT2D eigenvalue weighted by Crippen LogP contribution is -2.22. The first-order chi connectivity index (χ1) is 7.14. The number of rotatable bonds is 9. The lowest BCUT2D eigenvalue weighted by atomic mass is 10.9. The molecule has 0 aliphatic carbocycles. The molecule has 0 saturated heterocycles. The quantitative estimate of drug-likeness (QED) is 0.374. The minimum Gasteiger partial charge on any atom is -0.345 e. The fourth-order valence-electron chi connectivity index (χ4n) is 1.04. The lowest BCUT2D eigenvalue weighted by Gasteiger charge is -2.25. The zero-order valence-corrected chi connectivity index (χ0v) is 10.4. The second-order valence-electron chi connectivity index (χ2n) is 2.66. The molecule has 0 fully saturated rings. The molecule has 0 aromatic carbocycles. The van der Waals surface area contributed by atoms with Gasteiger partial charge in [-0.15, -0.1) is 0 Å². The molecule has 0 aliphatic heterocycles. The van der Waals surface area contributed by atoms with Gasteiger partial charge in [0.05, 0.1) is 6.61 Å². The van der Waals surface area contributed by atoms with E-state index in [0.29, 0.717) is 13.2 Å². The standard InChI is InChI=1S/C8H20NO5P/c1-4-11-8(12-5-2)15(10,7-13-9)14-6-3/h8H,4-7,9H2,1-3H3. The van der Waals surface area contributed by atoms with Crippen LogP contribution in [0.2, 0.25) is 0 Å². The zero-order chi connectivity index (χ0) is 11.7. The van der Waals surface area contributed by atoms with E-state index in [1.54, 1.807) is 20.8 Å². The predicted molar refractivity (Wildman–Crippen MR) is 56.4 cm³/mol. The minimum absolute atomic E-state index is 0.217. The molecule has 7 heteroatoms. The van der Waals surface area contributed by atoms with Gasteiger partial charge in [0.15, 0.2) is 0 Å². The van der Waals surface area contributed by atoms with Crippen LogP contribution in [0.1, 0.15) is 20.8 Å². The third kappa shape index (κ3) is 5.06. The average molecular weight is 241 g/mol. The van der Waals surface area contributed by atoms with Crippen LogP contribution in [0.15, 0.2) is 0 Å². The molecule has 0 aromatic heterocycles. The topological polar surface area (TPSA) is 80.0 Å². The van der Waals surface area contributed by atoms with Crippen molar-refractivity contribution in [3.63, 3.8) is 0 Å². The van der Waals surface area contributed by atoms with Gasteiger partial charge in [-0.2, -0.15) is 0 Å². The summed E-state index contributed by atoms with van der Waals surface area (Å²) in [5, 5.41) is 0. The molecule has 15 heavy (non-hydrogen) atoms. The third-order valence-electron chi connectivity index (χ3n) is 1.54. The van der Waals surface area contributed by atoms with Gasteiger partial charge in [0.25, 0.3) is 7.37 Å². The molecular formula is C8H20NO5P. The van der Waals surface area contributed by atoms with Gasteiger partial charge in [-0.1, -0.05) is 0 Å². The van der Waals surface area contributed by atoms with Gasteiger partial charge < -0.3 is 14.0 Å². The van der Waals surface area contributed by atoms with Crippen molar-refractivity contribution in [3.05, 3.63) is 0 Å². The summed E-state index contributed by atoms with van der Waals surface area (Å²) in [4.78, 5) is 4.39. The number of nitrogens with two attached hydrogens (primary N) is 1. The van der Waals surface area contributed by atoms with E-state index in [1.807, 2.05) is 0 Å². The molecule has 92 valence electrons. The van der Waals surface area contributed by atoms with E-state index in [4.69, 9.17) is 19.9 Å². The highest BCUT2D eigenvalue weighted by atomic mass is 31.2. The Hall–Kier alpha value is 0.0300. The fraction of sp³-hybridized carbons (Fsp3) is 1.00. The highest BCUT2D eigenvalue weighted by molar-refractivity contribution is 7.59. The monoisotopic (exact) mass is 241 g/mol. The van der Waals surface area contributed by atoms with Crippen molar-refractivity contribution >= 4 is 7.37 Å². The zero-order valence-electron chi connectivity index (χ0n) is 9.47. The number of ether oxygens (including phenoxy) is 2. The summed E-state index contributed by atoms with van der Waals surface area (Å²) in [5.74, 6) is 4.91. The van der Waals surface area contributed by atoms with Gasteiger partial charge in [0, 0.05) is 13.2 Å². The lowest BCUT2D eigenvalue weighted by molar-refractivity contribution is -0.0911. The second kappa shape index (κ2) is 8.21. The maximum absolute atomic E-state index is 12.2. The summed E-state index contributed by atoms with van der Waals surface area (Å²) in [6, 6.07) is -0.906. The van der Waals surface area contributed by atoms with E-state index in [0.717, 1.165) is 0 Å². The Balaban J connectivity index is 4.56. The Labute approximate surface area is 90.4 Å².